The van der Waals surface area contributed by atoms with Gasteiger partial charge < -0.3 is 14.5 Å². The van der Waals surface area contributed by atoms with E-state index in [4.69, 9.17) is 4.74 Å². The molecule has 2 aromatic heterocycles. The molecule has 246 valence electrons. The molecule has 0 unspecified atom stereocenters. The summed E-state index contributed by atoms with van der Waals surface area (Å²) >= 11 is 0. The highest BCUT2D eigenvalue weighted by atomic mass is 32.2. The van der Waals surface area contributed by atoms with Gasteiger partial charge in [0, 0.05) is 89.3 Å². The first-order valence-electron chi connectivity index (χ1n) is 15.0. The molecule has 0 saturated carbocycles. The van der Waals surface area contributed by atoms with Crippen LogP contribution in [0.1, 0.15) is 37.7 Å². The molecule has 0 bridgehead atoms. The minimum absolute atomic E-state index is 0.135. The van der Waals surface area contributed by atoms with E-state index in [1.807, 2.05) is 32.9 Å². The van der Waals surface area contributed by atoms with Gasteiger partial charge in [0.15, 0.2) is 21.2 Å². The number of ether oxygens (including phenoxy) is 1. The fraction of sp³-hybridized carbons (Fsp3) is 0.567. The molecule has 4 heterocycles. The molecule has 2 fully saturated rings. The highest BCUT2D eigenvalue weighted by Gasteiger charge is 2.35. The SMILES string of the molecule is CC(C)(C)c1cc2nc(C(F)(F)F)cc(N3CCN(C(=O)OCCN4CCN(Cc5ccc(S(C)(=O)=O)cc5)CC4)CC3)n2n1. The van der Waals surface area contributed by atoms with Crippen LogP contribution in [0.4, 0.5) is 23.8 Å². The number of sulfone groups is 1. The monoisotopic (exact) mass is 651 g/mol. The van der Waals surface area contributed by atoms with Crippen LogP contribution in [0.25, 0.3) is 5.65 Å². The van der Waals surface area contributed by atoms with Gasteiger partial charge in [-0.05, 0) is 17.7 Å². The van der Waals surface area contributed by atoms with E-state index in [1.165, 1.54) is 10.8 Å². The Morgan fingerprint density at radius 2 is 1.51 bits per heavy atom. The first kappa shape index (κ1) is 32.9. The summed E-state index contributed by atoms with van der Waals surface area (Å²) in [6.45, 7) is 12.0. The number of carbonyl (C=O) groups excluding carboxylic acids is 1. The summed E-state index contributed by atoms with van der Waals surface area (Å²) in [4.78, 5) is 24.8. The normalized spacial score (nSPS) is 17.7. The molecular formula is C30H40F3N7O4S. The second kappa shape index (κ2) is 12.8. The van der Waals surface area contributed by atoms with E-state index >= 15 is 0 Å². The topological polar surface area (TPSA) is 104 Å². The van der Waals surface area contributed by atoms with E-state index in [0.29, 0.717) is 49.1 Å². The summed E-state index contributed by atoms with van der Waals surface area (Å²) in [6.07, 6.45) is -3.84. The molecule has 0 aliphatic carbocycles. The molecule has 0 spiro atoms. The first-order valence-corrected chi connectivity index (χ1v) is 16.9. The van der Waals surface area contributed by atoms with E-state index in [0.717, 1.165) is 44.4 Å². The van der Waals surface area contributed by atoms with E-state index < -0.39 is 27.8 Å². The molecule has 3 aromatic rings. The van der Waals surface area contributed by atoms with Crippen LogP contribution in [0.2, 0.25) is 0 Å². The minimum Gasteiger partial charge on any atom is -0.448 e. The molecule has 0 atom stereocenters. The highest BCUT2D eigenvalue weighted by Crippen LogP contribution is 2.33. The third-order valence-electron chi connectivity index (χ3n) is 8.18. The van der Waals surface area contributed by atoms with Gasteiger partial charge in [-0.2, -0.15) is 22.8 Å². The second-order valence-corrected chi connectivity index (χ2v) is 14.7. The van der Waals surface area contributed by atoms with Crippen LogP contribution in [0.3, 0.4) is 0 Å². The number of amides is 1. The van der Waals surface area contributed by atoms with Gasteiger partial charge in [0.25, 0.3) is 0 Å². The molecule has 2 saturated heterocycles. The number of nitrogens with zero attached hydrogens (tertiary/aromatic N) is 7. The van der Waals surface area contributed by atoms with Gasteiger partial charge in [-0.3, -0.25) is 9.80 Å². The lowest BCUT2D eigenvalue weighted by molar-refractivity contribution is -0.141. The molecule has 11 nitrogen and oxygen atoms in total. The maximum absolute atomic E-state index is 13.7. The fourth-order valence-corrected chi connectivity index (χ4v) is 6.07. The summed E-state index contributed by atoms with van der Waals surface area (Å²) in [5, 5.41) is 4.57. The van der Waals surface area contributed by atoms with Crippen LogP contribution in [0.5, 0.6) is 0 Å². The van der Waals surface area contributed by atoms with Crippen molar-refractivity contribution in [3.05, 3.63) is 53.3 Å². The van der Waals surface area contributed by atoms with Gasteiger partial charge >= 0.3 is 12.3 Å². The Kier molecular flexibility index (Phi) is 9.34. The van der Waals surface area contributed by atoms with Crippen molar-refractivity contribution in [3.8, 4) is 0 Å². The molecule has 2 aliphatic heterocycles. The average molecular weight is 652 g/mol. The summed E-state index contributed by atoms with van der Waals surface area (Å²) in [7, 11) is -3.21. The maximum atomic E-state index is 13.7. The Bertz CT molecular complexity index is 1610. The number of aromatic nitrogens is 3. The quantitative estimate of drug-likeness (QED) is 0.380. The van der Waals surface area contributed by atoms with Crippen molar-refractivity contribution in [3.63, 3.8) is 0 Å². The summed E-state index contributed by atoms with van der Waals surface area (Å²) < 4.78 is 71.4. The van der Waals surface area contributed by atoms with E-state index in [1.54, 1.807) is 28.0 Å². The number of benzene rings is 1. The predicted octanol–water partition coefficient (Wildman–Crippen LogP) is 3.53. The lowest BCUT2D eigenvalue weighted by atomic mass is 9.93. The second-order valence-electron chi connectivity index (χ2n) is 12.7. The number of rotatable bonds is 7. The predicted molar refractivity (Wildman–Crippen MR) is 163 cm³/mol. The van der Waals surface area contributed by atoms with Crippen LogP contribution in [-0.4, -0.2) is 116 Å². The van der Waals surface area contributed by atoms with Crippen molar-refractivity contribution in [1.29, 1.82) is 0 Å². The van der Waals surface area contributed by atoms with Crippen molar-refractivity contribution in [2.75, 3.05) is 76.7 Å². The van der Waals surface area contributed by atoms with Crippen LogP contribution in [-0.2, 0) is 32.7 Å². The molecule has 1 aromatic carbocycles. The number of anilines is 1. The Morgan fingerprint density at radius 3 is 2.09 bits per heavy atom. The van der Waals surface area contributed by atoms with Gasteiger partial charge in [0.05, 0.1) is 10.6 Å². The van der Waals surface area contributed by atoms with Gasteiger partial charge in [-0.1, -0.05) is 32.9 Å². The van der Waals surface area contributed by atoms with Gasteiger partial charge in [-0.25, -0.2) is 18.2 Å². The number of hydrogen-bond donors (Lipinski definition) is 0. The molecule has 45 heavy (non-hydrogen) atoms. The van der Waals surface area contributed by atoms with Gasteiger partial charge in [0.2, 0.25) is 0 Å². The Hall–Kier alpha value is -3.43. The summed E-state index contributed by atoms with van der Waals surface area (Å²) in [5.74, 6) is 0.293. The van der Waals surface area contributed by atoms with Gasteiger partial charge in [0.1, 0.15) is 12.4 Å². The standard InChI is InChI=1S/C30H40F3N7O4S/c1-29(2,3)24-19-26-34-25(30(31,32)33)20-27(40(26)35-24)38-13-15-39(16-14-38)28(41)44-18-17-36-9-11-37(12-10-36)21-22-5-7-23(8-6-22)45(4,42)43/h5-8,19-20H,9-18,21H2,1-4H3. The Morgan fingerprint density at radius 1 is 0.889 bits per heavy atom. The Labute approximate surface area is 261 Å². The van der Waals surface area contributed by atoms with Crippen molar-refractivity contribution in [2.45, 2.75) is 43.8 Å². The van der Waals surface area contributed by atoms with Crippen molar-refractivity contribution < 1.29 is 31.1 Å². The number of carbonyl (C=O) groups is 1. The number of fused-ring (bicyclic) bond motifs is 1. The number of halogens is 3. The fourth-order valence-electron chi connectivity index (χ4n) is 5.44. The smallest absolute Gasteiger partial charge is 0.433 e. The zero-order valence-corrected chi connectivity index (χ0v) is 26.9. The average Bonchev–Trinajstić information content (AvgIpc) is 3.43. The number of piperazine rings is 2. The molecular weight excluding hydrogens is 611 g/mol. The van der Waals surface area contributed by atoms with Crippen molar-refractivity contribution >= 4 is 27.4 Å². The van der Waals surface area contributed by atoms with E-state index in [2.05, 4.69) is 19.9 Å². The van der Waals surface area contributed by atoms with Crippen LogP contribution in [0.15, 0.2) is 41.3 Å². The first-order chi connectivity index (χ1) is 21.1. The third kappa shape index (κ3) is 8.05. The van der Waals surface area contributed by atoms with Crippen LogP contribution in [0, 0.1) is 0 Å². The molecule has 5 rings (SSSR count). The molecule has 15 heteroatoms. The van der Waals surface area contributed by atoms with E-state index in [9.17, 15) is 26.4 Å². The zero-order valence-electron chi connectivity index (χ0n) is 26.0. The zero-order chi connectivity index (χ0) is 32.6. The Balaban J connectivity index is 1.08. The molecule has 0 N–H and O–H groups in total. The summed E-state index contributed by atoms with van der Waals surface area (Å²) in [6, 6.07) is 9.58. The maximum Gasteiger partial charge on any atom is 0.433 e. The number of alkyl halides is 3. The lowest BCUT2D eigenvalue weighted by Gasteiger charge is -2.36. The van der Waals surface area contributed by atoms with E-state index in [-0.39, 0.29) is 17.7 Å². The largest absolute Gasteiger partial charge is 0.448 e. The van der Waals surface area contributed by atoms with Crippen LogP contribution < -0.4 is 4.90 Å². The van der Waals surface area contributed by atoms with Crippen molar-refractivity contribution in [1.82, 2.24) is 29.3 Å². The minimum atomic E-state index is -4.60. The third-order valence-corrected chi connectivity index (χ3v) is 9.31. The molecule has 2 aliphatic rings. The highest BCUT2D eigenvalue weighted by molar-refractivity contribution is 7.90. The lowest BCUT2D eigenvalue weighted by Crippen LogP contribution is -2.50. The summed E-state index contributed by atoms with van der Waals surface area (Å²) in [5.41, 5.74) is 0.487. The number of hydrogen-bond acceptors (Lipinski definition) is 9. The molecule has 0 radical (unpaired) electrons. The van der Waals surface area contributed by atoms with Crippen molar-refractivity contribution in [2.24, 2.45) is 0 Å². The van der Waals surface area contributed by atoms with Gasteiger partial charge in [-0.15, -0.1) is 0 Å². The molecule has 1 amide bonds. The van der Waals surface area contributed by atoms with Crippen LogP contribution >= 0.6 is 0 Å².